The van der Waals surface area contributed by atoms with Crippen LogP contribution >= 0.6 is 11.6 Å². The van der Waals surface area contributed by atoms with Crippen molar-refractivity contribution in [1.29, 1.82) is 0 Å². The SMILES string of the molecule is COc1ccc2c(c1)[C@]1(C[C@H]1C1CCC3C(C1)NNC3Nc1nc(C)nc(N3CC(O)C3)c1Cl)C(=O)N2. The fraction of sp³-hybridized carbons (Fsp3) is 0.577. The Balaban J connectivity index is 1.05. The summed E-state index contributed by atoms with van der Waals surface area (Å²) in [5.74, 6) is 4.05. The predicted octanol–water partition coefficient (Wildman–Crippen LogP) is 2.17. The largest absolute Gasteiger partial charge is 0.497 e. The van der Waals surface area contributed by atoms with Gasteiger partial charge in [0.1, 0.15) is 16.6 Å². The number of nitrogens with zero attached hydrogens (tertiary/aromatic N) is 3. The fourth-order valence-electron chi connectivity index (χ4n) is 7.14. The topological polar surface area (TPSA) is 124 Å². The first-order valence-corrected chi connectivity index (χ1v) is 13.5. The van der Waals surface area contributed by atoms with Crippen LogP contribution < -0.4 is 31.1 Å². The molecule has 5 aliphatic rings. The van der Waals surface area contributed by atoms with Crippen LogP contribution in [0.4, 0.5) is 17.3 Å². The van der Waals surface area contributed by atoms with Crippen molar-refractivity contribution in [2.24, 2.45) is 17.8 Å². The summed E-state index contributed by atoms with van der Waals surface area (Å²) in [7, 11) is 1.67. The van der Waals surface area contributed by atoms with Crippen molar-refractivity contribution < 1.29 is 14.6 Å². The second kappa shape index (κ2) is 8.42. The third-order valence-corrected chi connectivity index (χ3v) is 9.49. The molecule has 6 atom stereocenters. The first-order chi connectivity index (χ1) is 17.9. The summed E-state index contributed by atoms with van der Waals surface area (Å²) in [4.78, 5) is 24.1. The molecule has 2 saturated carbocycles. The minimum absolute atomic E-state index is 0.0134. The number of aromatic nitrogens is 2. The summed E-state index contributed by atoms with van der Waals surface area (Å²) >= 11 is 6.70. The zero-order chi connectivity index (χ0) is 25.5. The summed E-state index contributed by atoms with van der Waals surface area (Å²) in [6.45, 7) is 2.92. The van der Waals surface area contributed by atoms with Gasteiger partial charge in [0.25, 0.3) is 0 Å². The minimum Gasteiger partial charge on any atom is -0.497 e. The molecule has 4 unspecified atom stereocenters. The Morgan fingerprint density at radius 3 is 2.86 bits per heavy atom. The lowest BCUT2D eigenvalue weighted by atomic mass is 9.74. The molecule has 0 bridgehead atoms. The fourth-order valence-corrected chi connectivity index (χ4v) is 7.40. The number of anilines is 3. The Hall–Kier alpha value is -2.66. The molecule has 4 heterocycles. The van der Waals surface area contributed by atoms with E-state index < -0.39 is 5.41 Å². The van der Waals surface area contributed by atoms with Gasteiger partial charge in [-0.1, -0.05) is 11.6 Å². The van der Waals surface area contributed by atoms with E-state index in [0.29, 0.717) is 59.4 Å². The second-order valence-corrected chi connectivity index (χ2v) is 11.6. The smallest absolute Gasteiger partial charge is 0.235 e. The van der Waals surface area contributed by atoms with Gasteiger partial charge in [-0.05, 0) is 68.2 Å². The van der Waals surface area contributed by atoms with Gasteiger partial charge in [-0.15, -0.1) is 0 Å². The number of rotatable bonds is 5. The maximum Gasteiger partial charge on any atom is 0.235 e. The van der Waals surface area contributed by atoms with Crippen molar-refractivity contribution in [1.82, 2.24) is 20.8 Å². The van der Waals surface area contributed by atoms with Crippen molar-refractivity contribution in [3.8, 4) is 5.75 Å². The number of aliphatic hydroxyl groups is 1. The highest BCUT2D eigenvalue weighted by atomic mass is 35.5. The lowest BCUT2D eigenvalue weighted by Gasteiger charge is -2.37. The minimum atomic E-state index is -0.405. The molecule has 5 N–H and O–H groups in total. The lowest BCUT2D eigenvalue weighted by molar-refractivity contribution is -0.118. The summed E-state index contributed by atoms with van der Waals surface area (Å²) in [5.41, 5.74) is 8.55. The predicted molar refractivity (Wildman–Crippen MR) is 140 cm³/mol. The molecular formula is C26H32ClN7O3. The summed E-state index contributed by atoms with van der Waals surface area (Å²) in [5, 5.41) is 16.8. The maximum atomic E-state index is 13.1. The van der Waals surface area contributed by atoms with Gasteiger partial charge >= 0.3 is 0 Å². The monoisotopic (exact) mass is 525 g/mol. The first-order valence-electron chi connectivity index (χ1n) is 13.1. The number of nitrogens with one attached hydrogen (secondary N) is 4. The molecule has 4 fully saturated rings. The number of β-amino-alcohol motifs (C(OH)–C–C–N with tert-alkyl or cyclic N) is 1. The molecule has 1 amide bonds. The van der Waals surface area contributed by atoms with E-state index >= 15 is 0 Å². The lowest BCUT2D eigenvalue weighted by Crippen LogP contribution is -2.51. The van der Waals surface area contributed by atoms with Gasteiger partial charge in [0.15, 0.2) is 11.6 Å². The maximum absolute atomic E-state index is 13.1. The summed E-state index contributed by atoms with van der Waals surface area (Å²) in [6, 6.07) is 6.20. The van der Waals surface area contributed by atoms with E-state index in [-0.39, 0.29) is 18.2 Å². The normalized spacial score (nSPS) is 34.1. The Kier molecular flexibility index (Phi) is 5.34. The van der Waals surface area contributed by atoms with Crippen LogP contribution in [0.1, 0.15) is 37.1 Å². The average Bonchev–Trinajstić information content (AvgIpc) is 3.42. The van der Waals surface area contributed by atoms with Crippen LogP contribution in [-0.4, -0.2) is 59.5 Å². The molecule has 10 nitrogen and oxygen atoms in total. The van der Waals surface area contributed by atoms with Crippen LogP contribution in [0.2, 0.25) is 5.02 Å². The molecule has 196 valence electrons. The van der Waals surface area contributed by atoms with Gasteiger partial charge in [-0.3, -0.25) is 10.2 Å². The van der Waals surface area contributed by atoms with Crippen molar-refractivity contribution in [2.45, 2.75) is 56.3 Å². The highest BCUT2D eigenvalue weighted by Gasteiger charge is 2.67. The molecule has 2 saturated heterocycles. The number of methoxy groups -OCH3 is 1. The number of amides is 1. The Labute approximate surface area is 220 Å². The molecule has 1 aromatic carbocycles. The highest BCUT2D eigenvalue weighted by Crippen LogP contribution is 2.65. The van der Waals surface area contributed by atoms with Crippen molar-refractivity contribution in [2.75, 3.05) is 35.7 Å². The van der Waals surface area contributed by atoms with Gasteiger partial charge in [0, 0.05) is 30.7 Å². The van der Waals surface area contributed by atoms with Crippen molar-refractivity contribution >= 4 is 34.8 Å². The van der Waals surface area contributed by atoms with E-state index in [9.17, 15) is 9.90 Å². The number of aryl methyl sites for hydroxylation is 1. The molecule has 37 heavy (non-hydrogen) atoms. The zero-order valence-corrected chi connectivity index (χ0v) is 21.7. The zero-order valence-electron chi connectivity index (χ0n) is 20.9. The molecule has 1 aromatic heterocycles. The number of carbonyl (C=O) groups excluding carboxylic acids is 1. The first kappa shape index (κ1) is 23.5. The Bertz CT molecular complexity index is 1270. The molecule has 0 radical (unpaired) electrons. The Morgan fingerprint density at radius 1 is 1.24 bits per heavy atom. The third-order valence-electron chi connectivity index (χ3n) is 9.14. The summed E-state index contributed by atoms with van der Waals surface area (Å²) in [6.07, 6.45) is 3.69. The molecule has 2 aromatic rings. The van der Waals surface area contributed by atoms with Crippen LogP contribution in [0.25, 0.3) is 0 Å². The van der Waals surface area contributed by atoms with Crippen molar-refractivity contribution in [3.63, 3.8) is 0 Å². The molecule has 3 aliphatic heterocycles. The number of aliphatic hydroxyl groups excluding tert-OH is 1. The average molecular weight is 526 g/mol. The molecule has 7 rings (SSSR count). The molecule has 2 aliphatic carbocycles. The molecule has 1 spiro atoms. The van der Waals surface area contributed by atoms with E-state index in [1.54, 1.807) is 7.11 Å². The number of ether oxygens (including phenoxy) is 1. The second-order valence-electron chi connectivity index (χ2n) is 11.2. The van der Waals surface area contributed by atoms with E-state index in [1.807, 2.05) is 30.0 Å². The molecular weight excluding hydrogens is 494 g/mol. The highest BCUT2D eigenvalue weighted by molar-refractivity contribution is 6.35. The van der Waals surface area contributed by atoms with E-state index in [4.69, 9.17) is 16.3 Å². The van der Waals surface area contributed by atoms with E-state index in [2.05, 4.69) is 31.5 Å². The number of hydrazine groups is 1. The number of carbonyl (C=O) groups is 1. The van der Waals surface area contributed by atoms with Crippen LogP contribution in [0.5, 0.6) is 5.75 Å². The number of hydrogen-bond acceptors (Lipinski definition) is 9. The number of benzene rings is 1. The van der Waals surface area contributed by atoms with Gasteiger partial charge in [0.2, 0.25) is 5.91 Å². The van der Waals surface area contributed by atoms with Crippen LogP contribution in [-0.2, 0) is 10.2 Å². The van der Waals surface area contributed by atoms with Crippen LogP contribution in [0.15, 0.2) is 18.2 Å². The number of halogens is 1. The third kappa shape index (κ3) is 3.60. The van der Waals surface area contributed by atoms with Crippen LogP contribution in [0, 0.1) is 24.7 Å². The van der Waals surface area contributed by atoms with E-state index in [0.717, 1.165) is 42.7 Å². The molecule has 11 heteroatoms. The van der Waals surface area contributed by atoms with Crippen LogP contribution in [0.3, 0.4) is 0 Å². The van der Waals surface area contributed by atoms with Gasteiger partial charge in [-0.25, -0.2) is 15.4 Å². The number of hydrogen-bond donors (Lipinski definition) is 5. The Morgan fingerprint density at radius 2 is 2.08 bits per heavy atom. The van der Waals surface area contributed by atoms with Crippen molar-refractivity contribution in [3.05, 3.63) is 34.6 Å². The quantitative estimate of drug-likeness (QED) is 0.399. The van der Waals surface area contributed by atoms with Gasteiger partial charge in [0.05, 0.1) is 24.8 Å². The van der Waals surface area contributed by atoms with Gasteiger partial charge in [-0.2, -0.15) is 0 Å². The summed E-state index contributed by atoms with van der Waals surface area (Å²) < 4.78 is 5.45. The van der Waals surface area contributed by atoms with E-state index in [1.165, 1.54) is 0 Å². The standard InChI is InChI=1S/C26H32ClN7O3/c1-12-28-23(21(27)24(29-12)34-10-14(35)11-34)31-22-16-5-3-13(7-20(16)32-33-22)18-9-26(18)17-8-15(37-2)4-6-19(17)30-25(26)36/h4,6,8,13-14,16,18,20,22,32-33,35H,3,5,7,9-11H2,1-2H3,(H,30,36)(H,28,29,31)/t13?,16?,18-,20?,22?,26-/m0/s1. The number of fused-ring (bicyclic) bond motifs is 3. The van der Waals surface area contributed by atoms with Gasteiger partial charge < -0.3 is 25.4 Å².